The van der Waals surface area contributed by atoms with Crippen molar-refractivity contribution < 1.29 is 4.74 Å². The number of morpholine rings is 1. The van der Waals surface area contributed by atoms with E-state index in [-0.39, 0.29) is 0 Å². The molecule has 162 valence electrons. The van der Waals surface area contributed by atoms with Crippen molar-refractivity contribution in [3.8, 4) is 0 Å². The zero-order valence-corrected chi connectivity index (χ0v) is 18.0. The van der Waals surface area contributed by atoms with Crippen LogP contribution in [0.2, 0.25) is 0 Å². The molecule has 2 aromatic rings. The average molecular weight is 414 g/mol. The van der Waals surface area contributed by atoms with Gasteiger partial charge in [-0.05, 0) is 14.1 Å². The standard InChI is InChI=1S/C20H31N9O/c1-25-3-7-28(8-4-25)19-21-15-16-17(22-19)23-20(29-9-5-26(2)6-10-29)24-18(16)27-11-13-30-14-12-27/h15H,3-14H2,1-2H3. The van der Waals surface area contributed by atoms with E-state index in [1.54, 1.807) is 0 Å². The molecule has 3 aliphatic heterocycles. The predicted octanol–water partition coefficient (Wildman–Crippen LogP) is -0.240. The number of ether oxygens (including phenoxy) is 1. The molecule has 0 saturated carbocycles. The highest BCUT2D eigenvalue weighted by atomic mass is 16.5. The third-order valence-electron chi connectivity index (χ3n) is 6.29. The molecule has 5 heterocycles. The van der Waals surface area contributed by atoms with Crippen molar-refractivity contribution in [2.24, 2.45) is 0 Å². The summed E-state index contributed by atoms with van der Waals surface area (Å²) in [6.07, 6.45) is 1.91. The Morgan fingerprint density at radius 1 is 0.667 bits per heavy atom. The lowest BCUT2D eigenvalue weighted by atomic mass is 10.3. The SMILES string of the molecule is CN1CCN(c2ncc3c(N4CCOCC4)nc(N4CCN(C)CC4)nc3n2)CC1. The number of fused-ring (bicyclic) bond motifs is 1. The third-order valence-corrected chi connectivity index (χ3v) is 6.29. The molecule has 0 atom stereocenters. The summed E-state index contributed by atoms with van der Waals surface area (Å²) in [7, 11) is 4.32. The van der Waals surface area contributed by atoms with Crippen LogP contribution in [0.15, 0.2) is 6.20 Å². The molecule has 3 saturated heterocycles. The summed E-state index contributed by atoms with van der Waals surface area (Å²) in [4.78, 5) is 31.0. The normalized spacial score (nSPS) is 22.1. The van der Waals surface area contributed by atoms with Gasteiger partial charge in [0.05, 0.1) is 18.6 Å². The first-order valence-corrected chi connectivity index (χ1v) is 10.9. The van der Waals surface area contributed by atoms with E-state index in [0.29, 0.717) is 0 Å². The monoisotopic (exact) mass is 413 g/mol. The van der Waals surface area contributed by atoms with Crippen LogP contribution in [0.25, 0.3) is 11.0 Å². The van der Waals surface area contributed by atoms with E-state index in [1.807, 2.05) is 6.20 Å². The fraction of sp³-hybridized carbons (Fsp3) is 0.700. The topological polar surface area (TPSA) is 77.0 Å². The fourth-order valence-electron chi connectivity index (χ4n) is 4.20. The smallest absolute Gasteiger partial charge is 0.229 e. The molecule has 10 nitrogen and oxygen atoms in total. The Bertz CT molecular complexity index is 867. The van der Waals surface area contributed by atoms with Gasteiger partial charge >= 0.3 is 0 Å². The number of piperazine rings is 2. The number of hydrogen-bond donors (Lipinski definition) is 0. The number of likely N-dealkylation sites (N-methyl/N-ethyl adjacent to an activating group) is 2. The second-order valence-corrected chi connectivity index (χ2v) is 8.43. The lowest BCUT2D eigenvalue weighted by molar-refractivity contribution is 0.122. The van der Waals surface area contributed by atoms with Gasteiger partial charge in [0, 0.05) is 71.6 Å². The minimum Gasteiger partial charge on any atom is -0.378 e. The van der Waals surface area contributed by atoms with E-state index in [2.05, 4.69) is 38.6 Å². The van der Waals surface area contributed by atoms with Crippen LogP contribution in [-0.4, -0.2) is 122 Å². The fourth-order valence-corrected chi connectivity index (χ4v) is 4.20. The van der Waals surface area contributed by atoms with Gasteiger partial charge in [-0.25, -0.2) is 4.98 Å². The maximum atomic E-state index is 5.56. The minimum atomic E-state index is 0.718. The van der Waals surface area contributed by atoms with Crippen LogP contribution in [-0.2, 0) is 4.74 Å². The molecule has 30 heavy (non-hydrogen) atoms. The summed E-state index contributed by atoms with van der Waals surface area (Å²) in [5, 5.41) is 0.924. The molecule has 3 fully saturated rings. The highest BCUT2D eigenvalue weighted by molar-refractivity contribution is 5.88. The van der Waals surface area contributed by atoms with Crippen molar-refractivity contribution in [2.75, 3.05) is 107 Å². The van der Waals surface area contributed by atoms with Crippen molar-refractivity contribution in [3.05, 3.63) is 6.20 Å². The van der Waals surface area contributed by atoms with E-state index in [0.717, 1.165) is 107 Å². The van der Waals surface area contributed by atoms with E-state index < -0.39 is 0 Å². The Labute approximate surface area is 177 Å². The number of hydrogen-bond acceptors (Lipinski definition) is 10. The zero-order valence-electron chi connectivity index (χ0n) is 18.0. The first kappa shape index (κ1) is 19.7. The molecule has 10 heteroatoms. The van der Waals surface area contributed by atoms with E-state index in [9.17, 15) is 0 Å². The molecule has 3 aliphatic rings. The van der Waals surface area contributed by atoms with Crippen LogP contribution < -0.4 is 14.7 Å². The minimum absolute atomic E-state index is 0.718. The Morgan fingerprint density at radius 2 is 1.23 bits per heavy atom. The van der Waals surface area contributed by atoms with Crippen molar-refractivity contribution >= 4 is 28.7 Å². The summed E-state index contributed by atoms with van der Waals surface area (Å²) in [5.41, 5.74) is 0.740. The number of aromatic nitrogens is 4. The molecule has 0 radical (unpaired) electrons. The first-order chi connectivity index (χ1) is 14.7. The predicted molar refractivity (Wildman–Crippen MR) is 118 cm³/mol. The van der Waals surface area contributed by atoms with Gasteiger partial charge in [0.25, 0.3) is 0 Å². The van der Waals surface area contributed by atoms with Crippen molar-refractivity contribution in [2.45, 2.75) is 0 Å². The van der Waals surface area contributed by atoms with Crippen LogP contribution in [0.5, 0.6) is 0 Å². The largest absolute Gasteiger partial charge is 0.378 e. The molecule has 0 bridgehead atoms. The second kappa shape index (κ2) is 8.44. The van der Waals surface area contributed by atoms with Gasteiger partial charge in [-0.2, -0.15) is 15.0 Å². The Hall–Kier alpha value is -2.30. The molecule has 5 rings (SSSR count). The summed E-state index contributed by atoms with van der Waals surface area (Å²) < 4.78 is 5.56. The molecule has 0 aromatic carbocycles. The van der Waals surface area contributed by atoms with Gasteiger partial charge in [0.2, 0.25) is 11.9 Å². The van der Waals surface area contributed by atoms with Gasteiger partial charge in [-0.1, -0.05) is 0 Å². The number of anilines is 3. The maximum absolute atomic E-state index is 5.56. The number of rotatable bonds is 3. The van der Waals surface area contributed by atoms with E-state index >= 15 is 0 Å². The first-order valence-electron chi connectivity index (χ1n) is 10.9. The summed E-state index contributed by atoms with van der Waals surface area (Å²) in [6.45, 7) is 10.9. The highest BCUT2D eigenvalue weighted by Gasteiger charge is 2.24. The summed E-state index contributed by atoms with van der Waals surface area (Å²) >= 11 is 0. The van der Waals surface area contributed by atoms with Crippen molar-refractivity contribution in [3.63, 3.8) is 0 Å². The molecule has 0 aliphatic carbocycles. The summed E-state index contributed by atoms with van der Waals surface area (Å²) in [5.74, 6) is 2.48. The lowest BCUT2D eigenvalue weighted by Gasteiger charge is -2.34. The maximum Gasteiger partial charge on any atom is 0.229 e. The molecule has 0 spiro atoms. The number of nitrogens with zero attached hydrogens (tertiary/aromatic N) is 9. The Morgan fingerprint density at radius 3 is 1.87 bits per heavy atom. The van der Waals surface area contributed by atoms with E-state index in [4.69, 9.17) is 24.7 Å². The molecule has 2 aromatic heterocycles. The van der Waals surface area contributed by atoms with Crippen LogP contribution >= 0.6 is 0 Å². The van der Waals surface area contributed by atoms with Gasteiger partial charge in [0.15, 0.2) is 5.65 Å². The molecule has 0 N–H and O–H groups in total. The van der Waals surface area contributed by atoms with Crippen molar-refractivity contribution in [1.82, 2.24) is 29.7 Å². The Balaban J connectivity index is 1.52. The molecular weight excluding hydrogens is 382 g/mol. The quantitative estimate of drug-likeness (QED) is 0.673. The Kier molecular flexibility index (Phi) is 5.53. The van der Waals surface area contributed by atoms with Crippen molar-refractivity contribution in [1.29, 1.82) is 0 Å². The van der Waals surface area contributed by atoms with Gasteiger partial charge in [-0.3, -0.25) is 0 Å². The summed E-state index contributed by atoms with van der Waals surface area (Å²) in [6, 6.07) is 0. The van der Waals surface area contributed by atoms with Gasteiger partial charge in [-0.15, -0.1) is 0 Å². The van der Waals surface area contributed by atoms with E-state index in [1.165, 1.54) is 0 Å². The van der Waals surface area contributed by atoms with Crippen LogP contribution in [0, 0.1) is 0 Å². The zero-order chi connectivity index (χ0) is 20.5. The third kappa shape index (κ3) is 3.99. The highest BCUT2D eigenvalue weighted by Crippen LogP contribution is 2.27. The van der Waals surface area contributed by atoms with Gasteiger partial charge < -0.3 is 29.2 Å². The molecule has 0 amide bonds. The second-order valence-electron chi connectivity index (χ2n) is 8.43. The average Bonchev–Trinajstić information content (AvgIpc) is 2.79. The lowest BCUT2D eigenvalue weighted by Crippen LogP contribution is -2.45. The van der Waals surface area contributed by atoms with Crippen LogP contribution in [0.1, 0.15) is 0 Å². The molecular formula is C20H31N9O. The molecule has 0 unspecified atom stereocenters. The van der Waals surface area contributed by atoms with Crippen LogP contribution in [0.4, 0.5) is 17.7 Å². The van der Waals surface area contributed by atoms with Gasteiger partial charge in [0.1, 0.15) is 5.82 Å². The van der Waals surface area contributed by atoms with Crippen LogP contribution in [0.3, 0.4) is 0 Å².